The van der Waals surface area contributed by atoms with Gasteiger partial charge in [-0.25, -0.2) is 4.79 Å². The Morgan fingerprint density at radius 3 is 2.50 bits per heavy atom. The van der Waals surface area contributed by atoms with Crippen molar-refractivity contribution in [2.24, 2.45) is 0 Å². The minimum atomic E-state index is -0.537. The van der Waals surface area contributed by atoms with Crippen LogP contribution in [-0.4, -0.2) is 48.2 Å². The predicted molar refractivity (Wildman–Crippen MR) is 76.0 cm³/mol. The van der Waals surface area contributed by atoms with E-state index in [4.69, 9.17) is 5.11 Å². The Labute approximate surface area is 118 Å². The molecule has 1 atom stereocenters. The molecule has 20 heavy (non-hydrogen) atoms. The lowest BCUT2D eigenvalue weighted by molar-refractivity contribution is -0.125. The van der Waals surface area contributed by atoms with Gasteiger partial charge in [0.15, 0.2) is 0 Å². The summed E-state index contributed by atoms with van der Waals surface area (Å²) in [4.78, 5) is 24.9. The molecule has 1 aromatic carbocycles. The van der Waals surface area contributed by atoms with Crippen LogP contribution in [0, 0.1) is 0 Å². The summed E-state index contributed by atoms with van der Waals surface area (Å²) in [5.41, 5.74) is 1.04. The Hall–Kier alpha value is -1.92. The van der Waals surface area contributed by atoms with Gasteiger partial charge in [0.1, 0.15) is 0 Å². The molecule has 0 radical (unpaired) electrons. The van der Waals surface area contributed by atoms with E-state index < -0.39 is 18.0 Å². The highest BCUT2D eigenvalue weighted by Crippen LogP contribution is 2.08. The quantitative estimate of drug-likeness (QED) is 0.700. The number of imide groups is 1. The highest BCUT2D eigenvalue weighted by Gasteiger charge is 2.22. The summed E-state index contributed by atoms with van der Waals surface area (Å²) in [7, 11) is 1.45. The largest absolute Gasteiger partial charge is 0.395 e. The first-order valence-electron chi connectivity index (χ1n) is 6.50. The van der Waals surface area contributed by atoms with Gasteiger partial charge in [-0.2, -0.15) is 0 Å². The Morgan fingerprint density at radius 1 is 1.30 bits per heavy atom. The number of nitrogens with zero attached hydrogens (tertiary/aromatic N) is 1. The predicted octanol–water partition coefficient (Wildman–Crippen LogP) is 0.325. The Balaban J connectivity index is 2.69. The molecule has 0 heterocycles. The molecule has 0 aromatic heterocycles. The van der Waals surface area contributed by atoms with Gasteiger partial charge in [-0.05, 0) is 12.5 Å². The second-order valence-electron chi connectivity index (χ2n) is 4.42. The monoisotopic (exact) mass is 279 g/mol. The molecule has 110 valence electrons. The molecule has 1 aromatic rings. The smallest absolute Gasteiger partial charge is 0.321 e. The first-order chi connectivity index (χ1) is 9.58. The molecule has 3 N–H and O–H groups in total. The molecule has 0 fully saturated rings. The van der Waals surface area contributed by atoms with Crippen molar-refractivity contribution in [1.82, 2.24) is 15.5 Å². The highest BCUT2D eigenvalue weighted by molar-refractivity contribution is 5.96. The summed E-state index contributed by atoms with van der Waals surface area (Å²) in [5.74, 6) is -0.395. The van der Waals surface area contributed by atoms with Crippen LogP contribution in [0.25, 0.3) is 0 Å². The van der Waals surface area contributed by atoms with Crippen LogP contribution in [0.3, 0.4) is 0 Å². The van der Waals surface area contributed by atoms with Crippen molar-refractivity contribution in [3.63, 3.8) is 0 Å². The van der Waals surface area contributed by atoms with Crippen molar-refractivity contribution in [1.29, 1.82) is 0 Å². The van der Waals surface area contributed by atoms with Crippen molar-refractivity contribution >= 4 is 11.9 Å². The van der Waals surface area contributed by atoms with Gasteiger partial charge in [-0.15, -0.1) is 0 Å². The van der Waals surface area contributed by atoms with Gasteiger partial charge < -0.3 is 10.4 Å². The third-order valence-electron chi connectivity index (χ3n) is 3.01. The first kappa shape index (κ1) is 16.1. The lowest BCUT2D eigenvalue weighted by Gasteiger charge is -2.27. The van der Waals surface area contributed by atoms with Crippen molar-refractivity contribution in [3.05, 3.63) is 35.9 Å². The minimum absolute atomic E-state index is 0.0512. The van der Waals surface area contributed by atoms with Crippen molar-refractivity contribution in [3.8, 4) is 0 Å². The second-order valence-corrected chi connectivity index (χ2v) is 4.42. The molecule has 6 nitrogen and oxygen atoms in total. The van der Waals surface area contributed by atoms with E-state index in [1.807, 2.05) is 35.2 Å². The molecule has 3 amide bonds. The molecule has 0 saturated heterocycles. The molecular weight excluding hydrogens is 258 g/mol. The maximum Gasteiger partial charge on any atom is 0.321 e. The Bertz CT molecular complexity index is 437. The van der Waals surface area contributed by atoms with Gasteiger partial charge in [0.25, 0.3) is 0 Å². The van der Waals surface area contributed by atoms with Crippen LogP contribution in [0.15, 0.2) is 30.3 Å². The number of hydrogen-bond donors (Lipinski definition) is 3. The Morgan fingerprint density at radius 2 is 1.95 bits per heavy atom. The SMILES string of the molecule is CNC(=O)NC(=O)C(C)N(CCO)Cc1ccccc1. The van der Waals surface area contributed by atoms with Crippen LogP contribution in [-0.2, 0) is 11.3 Å². The number of nitrogens with one attached hydrogen (secondary N) is 2. The van der Waals surface area contributed by atoms with E-state index in [2.05, 4.69) is 10.6 Å². The van der Waals surface area contributed by atoms with E-state index in [-0.39, 0.29) is 6.61 Å². The fourth-order valence-electron chi connectivity index (χ4n) is 1.80. The summed E-state index contributed by atoms with van der Waals surface area (Å²) in [6, 6.07) is 8.61. The second kappa shape index (κ2) is 8.29. The van der Waals surface area contributed by atoms with Crippen LogP contribution >= 0.6 is 0 Å². The molecule has 0 bridgehead atoms. The van der Waals surface area contributed by atoms with E-state index >= 15 is 0 Å². The number of rotatable bonds is 6. The summed E-state index contributed by atoms with van der Waals surface area (Å²) in [6.45, 7) is 2.54. The van der Waals surface area contributed by atoms with E-state index in [0.29, 0.717) is 13.1 Å². The Kier molecular flexibility index (Phi) is 6.69. The highest BCUT2D eigenvalue weighted by atomic mass is 16.3. The van der Waals surface area contributed by atoms with Crippen LogP contribution in [0.4, 0.5) is 4.79 Å². The van der Waals surface area contributed by atoms with E-state index in [1.165, 1.54) is 7.05 Å². The number of carbonyl (C=O) groups is 2. The van der Waals surface area contributed by atoms with Gasteiger partial charge >= 0.3 is 6.03 Å². The third-order valence-corrected chi connectivity index (χ3v) is 3.01. The van der Waals surface area contributed by atoms with Gasteiger partial charge in [-0.1, -0.05) is 30.3 Å². The molecule has 6 heteroatoms. The number of aliphatic hydroxyl groups is 1. The molecule has 0 saturated carbocycles. The van der Waals surface area contributed by atoms with Crippen LogP contribution in [0.2, 0.25) is 0 Å². The lowest BCUT2D eigenvalue weighted by atomic mass is 10.1. The average molecular weight is 279 g/mol. The zero-order valence-corrected chi connectivity index (χ0v) is 11.8. The zero-order valence-electron chi connectivity index (χ0n) is 11.8. The lowest BCUT2D eigenvalue weighted by Crippen LogP contribution is -2.49. The topological polar surface area (TPSA) is 81.7 Å². The fraction of sp³-hybridized carbons (Fsp3) is 0.429. The van der Waals surface area contributed by atoms with Gasteiger partial charge in [0.2, 0.25) is 5.91 Å². The van der Waals surface area contributed by atoms with E-state index in [1.54, 1.807) is 6.92 Å². The van der Waals surface area contributed by atoms with Crippen LogP contribution in [0.5, 0.6) is 0 Å². The summed E-state index contributed by atoms with van der Waals surface area (Å²) >= 11 is 0. The normalized spacial score (nSPS) is 12.0. The van der Waals surface area contributed by atoms with Crippen molar-refractivity contribution in [2.45, 2.75) is 19.5 Å². The molecule has 0 aliphatic heterocycles. The molecule has 1 rings (SSSR count). The first-order valence-corrected chi connectivity index (χ1v) is 6.50. The van der Waals surface area contributed by atoms with Gasteiger partial charge in [0, 0.05) is 20.1 Å². The molecule has 0 aliphatic rings. The fourth-order valence-corrected chi connectivity index (χ4v) is 1.80. The van der Waals surface area contributed by atoms with Crippen molar-refractivity contribution in [2.75, 3.05) is 20.2 Å². The number of aliphatic hydroxyl groups excluding tert-OH is 1. The third kappa shape index (κ3) is 4.99. The maximum absolute atomic E-state index is 11.9. The van der Waals surface area contributed by atoms with Crippen LogP contribution < -0.4 is 10.6 Å². The number of benzene rings is 1. The molecule has 0 aliphatic carbocycles. The summed E-state index contributed by atoms with van der Waals surface area (Å²) in [5, 5.41) is 13.7. The van der Waals surface area contributed by atoms with E-state index in [0.717, 1.165) is 5.56 Å². The summed E-state index contributed by atoms with van der Waals surface area (Å²) < 4.78 is 0. The minimum Gasteiger partial charge on any atom is -0.395 e. The van der Waals surface area contributed by atoms with Gasteiger partial charge in [0.05, 0.1) is 12.6 Å². The summed E-state index contributed by atoms with van der Waals surface area (Å²) in [6.07, 6.45) is 0. The molecular formula is C14H21N3O3. The number of amides is 3. The zero-order chi connectivity index (χ0) is 15.0. The number of carbonyl (C=O) groups excluding carboxylic acids is 2. The number of hydrogen-bond acceptors (Lipinski definition) is 4. The van der Waals surface area contributed by atoms with Crippen LogP contribution in [0.1, 0.15) is 12.5 Å². The van der Waals surface area contributed by atoms with Gasteiger partial charge in [-0.3, -0.25) is 15.0 Å². The molecule has 1 unspecified atom stereocenters. The van der Waals surface area contributed by atoms with E-state index in [9.17, 15) is 9.59 Å². The van der Waals surface area contributed by atoms with Crippen molar-refractivity contribution < 1.29 is 14.7 Å². The maximum atomic E-state index is 11.9. The standard InChI is InChI=1S/C14H21N3O3/c1-11(13(19)16-14(20)15-2)17(8-9-18)10-12-6-4-3-5-7-12/h3-7,11,18H,8-10H2,1-2H3,(H2,15,16,19,20). The average Bonchev–Trinajstić information content (AvgIpc) is 2.46. The molecule has 0 spiro atoms. The number of urea groups is 1.